The van der Waals surface area contributed by atoms with Crippen molar-refractivity contribution in [2.75, 3.05) is 28.4 Å². The molecule has 0 heterocycles. The van der Waals surface area contributed by atoms with Gasteiger partial charge in [0.15, 0.2) is 23.0 Å². The van der Waals surface area contributed by atoms with Crippen LogP contribution in [-0.2, 0) is 5.41 Å². The number of rotatable bonds is 10. The Morgan fingerprint density at radius 2 is 0.829 bits per heavy atom. The van der Waals surface area contributed by atoms with Crippen molar-refractivity contribution in [1.29, 1.82) is 0 Å². The molecule has 0 fully saturated rings. The highest BCUT2D eigenvalue weighted by Gasteiger charge is 2.24. The number of methoxy groups -OCH3 is 4. The number of hydrogen-bond acceptors (Lipinski definition) is 8. The number of hydrogen-bond donors (Lipinski definition) is 0. The Labute approximate surface area is 239 Å². The maximum atomic E-state index is 12.7. The third kappa shape index (κ3) is 6.44. The average molecular weight is 557 g/mol. The molecule has 0 aliphatic rings. The monoisotopic (exact) mass is 556 g/mol. The van der Waals surface area contributed by atoms with Gasteiger partial charge >= 0.3 is 11.9 Å². The molecule has 0 spiro atoms. The van der Waals surface area contributed by atoms with Gasteiger partial charge in [-0.05, 0) is 71.8 Å². The highest BCUT2D eigenvalue weighted by atomic mass is 16.5. The topological polar surface area (TPSA) is 89.5 Å². The van der Waals surface area contributed by atoms with Gasteiger partial charge in [-0.25, -0.2) is 9.59 Å². The van der Waals surface area contributed by atoms with Gasteiger partial charge in [-0.3, -0.25) is 0 Å². The average Bonchev–Trinajstić information content (AvgIpc) is 3.00. The van der Waals surface area contributed by atoms with E-state index in [9.17, 15) is 9.59 Å². The van der Waals surface area contributed by atoms with Crippen LogP contribution in [0.3, 0.4) is 0 Å². The van der Waals surface area contributed by atoms with Crippen LogP contribution < -0.4 is 28.4 Å². The Kier molecular flexibility index (Phi) is 8.82. The molecule has 0 saturated carbocycles. The summed E-state index contributed by atoms with van der Waals surface area (Å²) >= 11 is 0. The summed E-state index contributed by atoms with van der Waals surface area (Å²) in [5.41, 5.74) is 2.34. The number of carbonyl (C=O) groups excluding carboxylic acids is 2. The first-order chi connectivity index (χ1) is 19.7. The molecule has 4 aromatic rings. The van der Waals surface area contributed by atoms with Gasteiger partial charge in [0.25, 0.3) is 0 Å². The smallest absolute Gasteiger partial charge is 0.343 e. The van der Waals surface area contributed by atoms with E-state index in [0.29, 0.717) is 45.6 Å². The molecule has 0 aliphatic heterocycles. The summed E-state index contributed by atoms with van der Waals surface area (Å²) in [6.07, 6.45) is 0. The van der Waals surface area contributed by atoms with Gasteiger partial charge in [0, 0.05) is 5.41 Å². The van der Waals surface area contributed by atoms with Crippen LogP contribution in [0.5, 0.6) is 34.5 Å². The first-order valence-corrected chi connectivity index (χ1v) is 12.8. The Bertz CT molecular complexity index is 1410. The number of benzene rings is 4. The Hall–Kier alpha value is -4.98. The SMILES string of the molecule is COc1ccc(C(=O)Oc2ccc(C(C)(C)c3ccc(OC(=O)c4ccc(OC)c(OC)c4)cc3)cc2)cc1OC. The largest absolute Gasteiger partial charge is 0.493 e. The predicted molar refractivity (Wildman–Crippen MR) is 154 cm³/mol. The standard InChI is InChI=1S/C33H32O8/c1-33(2,23-9-13-25(14-10-23)40-31(34)21-7-17-27(36-3)29(19-21)38-5)24-11-15-26(16-12-24)41-32(35)22-8-18-28(37-4)30(20-22)39-6/h7-20H,1-6H3. The molecule has 212 valence electrons. The minimum atomic E-state index is -0.504. The number of ether oxygens (including phenoxy) is 6. The fourth-order valence-corrected chi connectivity index (χ4v) is 4.30. The lowest BCUT2D eigenvalue weighted by atomic mass is 9.78. The molecule has 0 bridgehead atoms. The molecular formula is C33H32O8. The first kappa shape index (κ1) is 29.0. The minimum Gasteiger partial charge on any atom is -0.493 e. The molecule has 8 heteroatoms. The second-order valence-electron chi connectivity index (χ2n) is 9.59. The van der Waals surface area contributed by atoms with Crippen molar-refractivity contribution >= 4 is 11.9 Å². The summed E-state index contributed by atoms with van der Waals surface area (Å²) in [5.74, 6) is 1.77. The fraction of sp³-hybridized carbons (Fsp3) is 0.212. The summed E-state index contributed by atoms with van der Waals surface area (Å²) in [6.45, 7) is 4.17. The first-order valence-electron chi connectivity index (χ1n) is 12.8. The van der Waals surface area contributed by atoms with Gasteiger partial charge in [0.05, 0.1) is 39.6 Å². The normalized spacial score (nSPS) is 10.9. The van der Waals surface area contributed by atoms with E-state index in [4.69, 9.17) is 28.4 Å². The van der Waals surface area contributed by atoms with Crippen LogP contribution in [0.25, 0.3) is 0 Å². The van der Waals surface area contributed by atoms with Crippen LogP contribution in [-0.4, -0.2) is 40.4 Å². The minimum absolute atomic E-state index is 0.346. The van der Waals surface area contributed by atoms with Crippen molar-refractivity contribution in [3.63, 3.8) is 0 Å². The van der Waals surface area contributed by atoms with Crippen molar-refractivity contribution in [2.45, 2.75) is 19.3 Å². The second-order valence-corrected chi connectivity index (χ2v) is 9.59. The zero-order valence-electron chi connectivity index (χ0n) is 23.8. The van der Waals surface area contributed by atoms with E-state index in [1.165, 1.54) is 28.4 Å². The number of carbonyl (C=O) groups is 2. The molecule has 0 N–H and O–H groups in total. The van der Waals surface area contributed by atoms with Crippen molar-refractivity contribution in [3.8, 4) is 34.5 Å². The van der Waals surface area contributed by atoms with Gasteiger partial charge in [-0.2, -0.15) is 0 Å². The maximum Gasteiger partial charge on any atom is 0.343 e. The van der Waals surface area contributed by atoms with Gasteiger partial charge in [-0.15, -0.1) is 0 Å². The molecule has 8 nitrogen and oxygen atoms in total. The summed E-state index contributed by atoms with van der Waals surface area (Å²) in [7, 11) is 6.08. The van der Waals surface area contributed by atoms with E-state index in [-0.39, 0.29) is 5.41 Å². The molecule has 0 radical (unpaired) electrons. The molecule has 4 rings (SSSR count). The molecule has 0 atom stereocenters. The van der Waals surface area contributed by atoms with Crippen molar-refractivity contribution in [1.82, 2.24) is 0 Å². The van der Waals surface area contributed by atoms with Crippen LogP contribution in [0.2, 0.25) is 0 Å². The Morgan fingerprint density at radius 3 is 1.15 bits per heavy atom. The van der Waals surface area contributed by atoms with Gasteiger partial charge < -0.3 is 28.4 Å². The van der Waals surface area contributed by atoms with E-state index in [2.05, 4.69) is 13.8 Å². The summed E-state index contributed by atoms with van der Waals surface area (Å²) in [6, 6.07) is 24.4. The molecule has 0 aromatic heterocycles. The Morgan fingerprint density at radius 1 is 0.488 bits per heavy atom. The van der Waals surface area contributed by atoms with E-state index < -0.39 is 11.9 Å². The third-order valence-corrected chi connectivity index (χ3v) is 6.81. The van der Waals surface area contributed by atoms with E-state index in [1.807, 2.05) is 24.3 Å². The second kappa shape index (κ2) is 12.5. The van der Waals surface area contributed by atoms with Gasteiger partial charge in [0.2, 0.25) is 0 Å². The lowest BCUT2D eigenvalue weighted by Crippen LogP contribution is -2.19. The Balaban J connectivity index is 1.43. The maximum absolute atomic E-state index is 12.7. The highest BCUT2D eigenvalue weighted by Crippen LogP contribution is 2.34. The lowest BCUT2D eigenvalue weighted by molar-refractivity contribution is 0.0724. The van der Waals surface area contributed by atoms with Crippen LogP contribution in [0.15, 0.2) is 84.9 Å². The zero-order valence-corrected chi connectivity index (χ0v) is 23.8. The van der Waals surface area contributed by atoms with Crippen LogP contribution in [0.4, 0.5) is 0 Å². The summed E-state index contributed by atoms with van der Waals surface area (Å²) < 4.78 is 32.1. The van der Waals surface area contributed by atoms with Crippen molar-refractivity contribution in [2.24, 2.45) is 0 Å². The third-order valence-electron chi connectivity index (χ3n) is 6.81. The van der Waals surface area contributed by atoms with Crippen molar-refractivity contribution in [3.05, 3.63) is 107 Å². The van der Waals surface area contributed by atoms with Crippen LogP contribution in [0.1, 0.15) is 45.7 Å². The van der Waals surface area contributed by atoms with E-state index in [0.717, 1.165) is 11.1 Å². The molecule has 0 amide bonds. The highest BCUT2D eigenvalue weighted by molar-refractivity contribution is 5.92. The van der Waals surface area contributed by atoms with Gasteiger partial charge in [-0.1, -0.05) is 38.1 Å². The van der Waals surface area contributed by atoms with Crippen LogP contribution in [0, 0.1) is 0 Å². The summed E-state index contributed by atoms with van der Waals surface area (Å²) in [4.78, 5) is 25.4. The quantitative estimate of drug-likeness (QED) is 0.162. The zero-order chi connectivity index (χ0) is 29.6. The predicted octanol–water partition coefficient (Wildman–Crippen LogP) is 6.49. The van der Waals surface area contributed by atoms with Gasteiger partial charge in [0.1, 0.15) is 11.5 Å². The molecule has 41 heavy (non-hydrogen) atoms. The lowest BCUT2D eigenvalue weighted by Gasteiger charge is -2.26. The van der Waals surface area contributed by atoms with E-state index >= 15 is 0 Å². The van der Waals surface area contributed by atoms with Crippen molar-refractivity contribution < 1.29 is 38.0 Å². The molecule has 0 aliphatic carbocycles. The molecule has 0 unspecified atom stereocenters. The fourth-order valence-electron chi connectivity index (χ4n) is 4.30. The van der Waals surface area contributed by atoms with Crippen LogP contribution >= 0.6 is 0 Å². The van der Waals surface area contributed by atoms with E-state index in [1.54, 1.807) is 60.7 Å². The molecule has 4 aromatic carbocycles. The summed E-state index contributed by atoms with van der Waals surface area (Å²) in [5, 5.41) is 0. The number of esters is 2. The molecular weight excluding hydrogens is 524 g/mol. The molecule has 0 saturated heterocycles.